The highest BCUT2D eigenvalue weighted by Gasteiger charge is 2.47. The van der Waals surface area contributed by atoms with E-state index in [0.29, 0.717) is 5.56 Å². The number of non-ortho nitro benzene ring substituents is 1. The zero-order valence-corrected chi connectivity index (χ0v) is 17.2. The molecular formula is C24H15F3N2O5. The summed E-state index contributed by atoms with van der Waals surface area (Å²) in [6.07, 6.45) is -4.68. The number of benzene rings is 3. The smallest absolute Gasteiger partial charge is 0.416 e. The molecule has 10 heteroatoms. The van der Waals surface area contributed by atoms with Crippen molar-refractivity contribution in [3.63, 3.8) is 0 Å². The van der Waals surface area contributed by atoms with Crippen molar-refractivity contribution in [2.24, 2.45) is 0 Å². The number of anilines is 1. The Morgan fingerprint density at radius 1 is 0.941 bits per heavy atom. The minimum absolute atomic E-state index is 0.0357. The SMILES string of the molecule is O=C1C(=O)N(c2cccc(C(F)(F)F)c2)[C@@H](c2ccccc2)C1=C(O)c1ccc([N+](=O)[O-])cc1. The highest BCUT2D eigenvalue weighted by Crippen LogP contribution is 2.43. The van der Waals surface area contributed by atoms with Crippen LogP contribution < -0.4 is 4.90 Å². The molecule has 1 N–H and O–H groups in total. The zero-order valence-electron chi connectivity index (χ0n) is 17.2. The van der Waals surface area contributed by atoms with Gasteiger partial charge in [-0.1, -0.05) is 36.4 Å². The number of hydrogen-bond donors (Lipinski definition) is 1. The van der Waals surface area contributed by atoms with Gasteiger partial charge in [-0.2, -0.15) is 13.2 Å². The molecular weight excluding hydrogens is 453 g/mol. The van der Waals surface area contributed by atoms with Crippen molar-refractivity contribution in [2.45, 2.75) is 12.2 Å². The Morgan fingerprint density at radius 2 is 1.59 bits per heavy atom. The van der Waals surface area contributed by atoms with Gasteiger partial charge in [0.05, 0.1) is 22.1 Å². The molecule has 34 heavy (non-hydrogen) atoms. The van der Waals surface area contributed by atoms with E-state index in [1.165, 1.54) is 18.2 Å². The molecule has 0 unspecified atom stereocenters. The summed E-state index contributed by atoms with van der Waals surface area (Å²) in [6.45, 7) is 0. The molecule has 0 saturated carbocycles. The molecule has 172 valence electrons. The Hall–Kier alpha value is -4.47. The number of aliphatic hydroxyl groups is 1. The van der Waals surface area contributed by atoms with E-state index in [2.05, 4.69) is 0 Å². The molecule has 3 aromatic rings. The summed E-state index contributed by atoms with van der Waals surface area (Å²) in [5.74, 6) is -2.81. The van der Waals surface area contributed by atoms with Crippen molar-refractivity contribution in [2.75, 3.05) is 4.90 Å². The quantitative estimate of drug-likeness (QED) is 0.186. The molecule has 1 heterocycles. The Bertz CT molecular complexity index is 1320. The van der Waals surface area contributed by atoms with Gasteiger partial charge in [-0.25, -0.2) is 0 Å². The summed E-state index contributed by atoms with van der Waals surface area (Å²) in [6, 6.07) is 15.5. The predicted molar refractivity (Wildman–Crippen MR) is 116 cm³/mol. The lowest BCUT2D eigenvalue weighted by Gasteiger charge is -2.26. The Labute approximate surface area is 190 Å². The standard InChI is InChI=1S/C24H15F3N2O5/c25-24(26,27)16-7-4-8-18(13-16)28-20(14-5-2-1-3-6-14)19(22(31)23(28)32)21(30)15-9-11-17(12-10-15)29(33)34/h1-13,20,30H/t20-/m0/s1. The van der Waals surface area contributed by atoms with Crippen LogP contribution in [0.4, 0.5) is 24.5 Å². The fraction of sp³-hybridized carbons (Fsp3) is 0.0833. The van der Waals surface area contributed by atoms with Crippen molar-refractivity contribution < 1.29 is 32.8 Å². The van der Waals surface area contributed by atoms with E-state index < -0.39 is 40.2 Å². The van der Waals surface area contributed by atoms with Gasteiger partial charge < -0.3 is 5.11 Å². The molecule has 1 aliphatic rings. The first-order valence-electron chi connectivity index (χ1n) is 9.87. The number of aliphatic hydroxyl groups excluding tert-OH is 1. The van der Waals surface area contributed by atoms with Crippen LogP contribution in [0.3, 0.4) is 0 Å². The predicted octanol–water partition coefficient (Wildman–Crippen LogP) is 5.24. The van der Waals surface area contributed by atoms with Gasteiger partial charge in [0.1, 0.15) is 5.76 Å². The number of carbonyl (C=O) groups is 2. The van der Waals surface area contributed by atoms with Gasteiger partial charge in [0.2, 0.25) is 0 Å². The van der Waals surface area contributed by atoms with E-state index >= 15 is 0 Å². The Morgan fingerprint density at radius 3 is 2.18 bits per heavy atom. The molecule has 1 saturated heterocycles. The van der Waals surface area contributed by atoms with Crippen molar-refractivity contribution in [1.29, 1.82) is 0 Å². The average molecular weight is 468 g/mol. The van der Waals surface area contributed by atoms with Crippen molar-refractivity contribution in [3.8, 4) is 0 Å². The summed E-state index contributed by atoms with van der Waals surface area (Å²) < 4.78 is 39.9. The monoisotopic (exact) mass is 468 g/mol. The molecule has 3 aromatic carbocycles. The van der Waals surface area contributed by atoms with Crippen LogP contribution in [0.5, 0.6) is 0 Å². The third-order valence-corrected chi connectivity index (χ3v) is 5.36. The van der Waals surface area contributed by atoms with E-state index in [-0.39, 0.29) is 22.5 Å². The van der Waals surface area contributed by atoms with Crippen LogP contribution in [-0.4, -0.2) is 21.7 Å². The molecule has 0 aromatic heterocycles. The number of carbonyl (C=O) groups excluding carboxylic acids is 2. The van der Waals surface area contributed by atoms with Gasteiger partial charge >= 0.3 is 6.18 Å². The minimum atomic E-state index is -4.68. The highest BCUT2D eigenvalue weighted by molar-refractivity contribution is 6.51. The number of ketones is 1. The molecule has 1 fully saturated rings. The van der Waals surface area contributed by atoms with Crippen molar-refractivity contribution in [3.05, 3.63) is 111 Å². The highest BCUT2D eigenvalue weighted by atomic mass is 19.4. The number of nitro groups is 1. The van der Waals surface area contributed by atoms with Gasteiger partial charge in [0.25, 0.3) is 17.4 Å². The maximum atomic E-state index is 13.3. The zero-order chi connectivity index (χ0) is 24.6. The number of nitrogens with zero attached hydrogens (tertiary/aromatic N) is 2. The third-order valence-electron chi connectivity index (χ3n) is 5.36. The summed E-state index contributed by atoms with van der Waals surface area (Å²) in [4.78, 5) is 37.2. The largest absolute Gasteiger partial charge is 0.507 e. The fourth-order valence-electron chi connectivity index (χ4n) is 3.78. The lowest BCUT2D eigenvalue weighted by atomic mass is 9.95. The van der Waals surface area contributed by atoms with Gasteiger partial charge in [-0.15, -0.1) is 0 Å². The van der Waals surface area contributed by atoms with E-state index in [1.807, 2.05) is 0 Å². The maximum Gasteiger partial charge on any atom is 0.416 e. The fourth-order valence-corrected chi connectivity index (χ4v) is 3.78. The van der Waals surface area contributed by atoms with Crippen LogP contribution in [0.25, 0.3) is 5.76 Å². The molecule has 0 radical (unpaired) electrons. The second kappa shape index (κ2) is 8.47. The van der Waals surface area contributed by atoms with Gasteiger partial charge in [-0.05, 0) is 35.9 Å². The van der Waals surface area contributed by atoms with Crippen molar-refractivity contribution >= 4 is 28.8 Å². The average Bonchev–Trinajstić information content (AvgIpc) is 3.09. The van der Waals surface area contributed by atoms with Gasteiger partial charge in [0.15, 0.2) is 0 Å². The Kier molecular flexibility index (Phi) is 5.66. The first-order valence-corrected chi connectivity index (χ1v) is 9.87. The molecule has 0 spiro atoms. The van der Waals surface area contributed by atoms with Gasteiger partial charge in [-0.3, -0.25) is 24.6 Å². The topological polar surface area (TPSA) is 101 Å². The third kappa shape index (κ3) is 4.01. The molecule has 0 bridgehead atoms. The normalized spacial score (nSPS) is 17.7. The van der Waals surface area contributed by atoms with E-state index in [1.54, 1.807) is 30.3 Å². The molecule has 1 atom stereocenters. The molecule has 1 amide bonds. The first kappa shape index (κ1) is 22.7. The van der Waals surface area contributed by atoms with Crippen LogP contribution in [0.2, 0.25) is 0 Å². The van der Waals surface area contributed by atoms with Crippen LogP contribution in [0.1, 0.15) is 22.7 Å². The minimum Gasteiger partial charge on any atom is -0.507 e. The summed E-state index contributed by atoms with van der Waals surface area (Å²) in [5, 5.41) is 21.9. The van der Waals surface area contributed by atoms with E-state index in [4.69, 9.17) is 0 Å². The lowest BCUT2D eigenvalue weighted by molar-refractivity contribution is -0.384. The number of hydrogen-bond acceptors (Lipinski definition) is 5. The molecule has 1 aliphatic heterocycles. The summed E-state index contributed by atoms with van der Waals surface area (Å²) in [7, 11) is 0. The van der Waals surface area contributed by atoms with Crippen LogP contribution in [0.15, 0.2) is 84.4 Å². The Balaban J connectivity index is 1.91. The number of rotatable bonds is 4. The van der Waals surface area contributed by atoms with Gasteiger partial charge in [0, 0.05) is 23.4 Å². The van der Waals surface area contributed by atoms with Crippen LogP contribution in [0, 0.1) is 10.1 Å². The lowest BCUT2D eigenvalue weighted by Crippen LogP contribution is -2.29. The summed E-state index contributed by atoms with van der Waals surface area (Å²) in [5.41, 5.74) is -1.36. The number of amides is 1. The second-order valence-electron chi connectivity index (χ2n) is 7.43. The summed E-state index contributed by atoms with van der Waals surface area (Å²) >= 11 is 0. The van der Waals surface area contributed by atoms with E-state index in [0.717, 1.165) is 35.2 Å². The maximum absolute atomic E-state index is 13.3. The second-order valence-corrected chi connectivity index (χ2v) is 7.43. The van der Waals surface area contributed by atoms with Crippen LogP contribution in [-0.2, 0) is 15.8 Å². The molecule has 7 nitrogen and oxygen atoms in total. The van der Waals surface area contributed by atoms with Crippen LogP contribution >= 0.6 is 0 Å². The first-order chi connectivity index (χ1) is 16.1. The number of Topliss-reactive ketones (excluding diaryl/α,β-unsaturated/α-hetero) is 1. The number of alkyl halides is 3. The molecule has 4 rings (SSSR count). The van der Waals surface area contributed by atoms with E-state index in [9.17, 15) is 38.0 Å². The molecule has 0 aliphatic carbocycles. The number of halogens is 3. The number of nitro benzene ring substituents is 1. The van der Waals surface area contributed by atoms with Crippen molar-refractivity contribution in [1.82, 2.24) is 0 Å².